The normalized spacial score (nSPS) is 10.2. The smallest absolute Gasteiger partial charge is 0.188 e. The first-order valence-corrected chi connectivity index (χ1v) is 5.49. The number of carbonyl (C=O) groups is 1. The van der Waals surface area contributed by atoms with Crippen LogP contribution in [0.4, 0.5) is 0 Å². The van der Waals surface area contributed by atoms with E-state index in [-0.39, 0.29) is 5.12 Å². The van der Waals surface area contributed by atoms with Crippen LogP contribution >= 0.6 is 11.8 Å². The number of thioether (sulfide) groups is 1. The fourth-order valence-electron chi connectivity index (χ4n) is 1.09. The molecule has 0 aliphatic rings. The second-order valence-electron chi connectivity index (χ2n) is 2.74. The Morgan fingerprint density at radius 1 is 1.62 bits per heavy atom. The van der Waals surface area contributed by atoms with Crippen molar-refractivity contribution in [1.82, 2.24) is 0 Å². The monoisotopic (exact) mass is 198 g/mol. The first kappa shape index (κ1) is 10.4. The zero-order valence-electron chi connectivity index (χ0n) is 7.79. The van der Waals surface area contributed by atoms with Gasteiger partial charge in [-0.2, -0.15) is 0 Å². The van der Waals surface area contributed by atoms with Crippen LogP contribution in [0.3, 0.4) is 0 Å². The van der Waals surface area contributed by atoms with Crippen molar-refractivity contribution in [2.45, 2.75) is 26.2 Å². The van der Waals surface area contributed by atoms with Gasteiger partial charge < -0.3 is 4.42 Å². The van der Waals surface area contributed by atoms with Crippen LogP contribution in [-0.4, -0.2) is 10.9 Å². The van der Waals surface area contributed by atoms with Gasteiger partial charge in [-0.15, -0.1) is 0 Å². The second kappa shape index (κ2) is 5.86. The van der Waals surface area contributed by atoms with Crippen LogP contribution in [0.2, 0.25) is 0 Å². The molecule has 0 spiro atoms. The number of aryl methyl sites for hydroxylation is 1. The number of carbonyl (C=O) groups excluding carboxylic acids is 1. The predicted octanol–water partition coefficient (Wildman–Crippen LogP) is 2.88. The van der Waals surface area contributed by atoms with Gasteiger partial charge in [0, 0.05) is 12.8 Å². The third-order valence-electron chi connectivity index (χ3n) is 1.69. The number of furan rings is 1. The fraction of sp³-hybridized carbons (Fsp3) is 0.500. The van der Waals surface area contributed by atoms with Crippen molar-refractivity contribution in [1.29, 1.82) is 0 Å². The van der Waals surface area contributed by atoms with Crippen LogP contribution in [0.5, 0.6) is 0 Å². The molecule has 0 aliphatic carbocycles. The zero-order valence-corrected chi connectivity index (χ0v) is 8.60. The fourth-order valence-corrected chi connectivity index (χ4v) is 1.71. The van der Waals surface area contributed by atoms with Gasteiger partial charge in [-0.3, -0.25) is 4.79 Å². The molecule has 0 saturated carbocycles. The lowest BCUT2D eigenvalue weighted by Gasteiger charge is -1.96. The molecule has 0 aromatic carbocycles. The van der Waals surface area contributed by atoms with Gasteiger partial charge in [-0.25, -0.2) is 0 Å². The van der Waals surface area contributed by atoms with Crippen molar-refractivity contribution in [3.63, 3.8) is 0 Å². The van der Waals surface area contributed by atoms with E-state index >= 15 is 0 Å². The lowest BCUT2D eigenvalue weighted by Crippen LogP contribution is -1.93. The van der Waals surface area contributed by atoms with E-state index in [0.717, 1.165) is 24.4 Å². The number of hydrogen-bond acceptors (Lipinski definition) is 3. The molecule has 0 saturated heterocycles. The Balaban J connectivity index is 2.11. The van der Waals surface area contributed by atoms with Gasteiger partial charge >= 0.3 is 0 Å². The van der Waals surface area contributed by atoms with Gasteiger partial charge in [-0.05, 0) is 24.3 Å². The summed E-state index contributed by atoms with van der Waals surface area (Å²) >= 11 is 1.40. The third-order valence-corrected chi connectivity index (χ3v) is 2.50. The molecule has 3 heteroatoms. The molecule has 0 unspecified atom stereocenters. The van der Waals surface area contributed by atoms with Crippen LogP contribution in [0.15, 0.2) is 22.8 Å². The lowest BCUT2D eigenvalue weighted by molar-refractivity contribution is -0.111. The molecule has 0 fully saturated rings. The Labute approximate surface area is 82.7 Å². The first-order valence-electron chi connectivity index (χ1n) is 4.51. The van der Waals surface area contributed by atoms with Crippen molar-refractivity contribution >= 4 is 16.9 Å². The van der Waals surface area contributed by atoms with E-state index in [9.17, 15) is 4.79 Å². The standard InChI is InChI=1S/C10H14O2S/c1-2-13-10(11)7-3-5-9-6-4-8-12-9/h4,6,8H,2-3,5,7H2,1H3. The quantitative estimate of drug-likeness (QED) is 0.728. The van der Waals surface area contributed by atoms with E-state index in [1.165, 1.54) is 11.8 Å². The van der Waals surface area contributed by atoms with Crippen molar-refractivity contribution in [3.8, 4) is 0 Å². The summed E-state index contributed by atoms with van der Waals surface area (Å²) in [6.07, 6.45) is 4.07. The van der Waals surface area contributed by atoms with Crippen molar-refractivity contribution in [3.05, 3.63) is 24.2 Å². The Morgan fingerprint density at radius 2 is 2.46 bits per heavy atom. The summed E-state index contributed by atoms with van der Waals surface area (Å²) in [5, 5.41) is 0.286. The SMILES string of the molecule is CCSC(=O)CCCc1ccco1. The van der Waals surface area contributed by atoms with Gasteiger partial charge in [0.1, 0.15) is 5.76 Å². The molecule has 1 aromatic heterocycles. The summed E-state index contributed by atoms with van der Waals surface area (Å²) in [5.41, 5.74) is 0. The molecule has 0 N–H and O–H groups in total. The van der Waals surface area contributed by atoms with Crippen LogP contribution in [0, 0.1) is 0 Å². The summed E-state index contributed by atoms with van der Waals surface area (Å²) in [6.45, 7) is 2.00. The minimum absolute atomic E-state index is 0.286. The van der Waals surface area contributed by atoms with Crippen molar-refractivity contribution in [2.24, 2.45) is 0 Å². The number of rotatable bonds is 5. The van der Waals surface area contributed by atoms with Gasteiger partial charge in [-0.1, -0.05) is 18.7 Å². The Hall–Kier alpha value is -0.700. The molecule has 0 aliphatic heterocycles. The van der Waals surface area contributed by atoms with Crippen molar-refractivity contribution in [2.75, 3.05) is 5.75 Å². The van der Waals surface area contributed by atoms with Crippen molar-refractivity contribution < 1.29 is 9.21 Å². The molecule has 72 valence electrons. The highest BCUT2D eigenvalue weighted by molar-refractivity contribution is 8.13. The molecule has 1 heterocycles. The van der Waals surface area contributed by atoms with Crippen LogP contribution in [-0.2, 0) is 11.2 Å². The summed E-state index contributed by atoms with van der Waals surface area (Å²) < 4.78 is 5.16. The van der Waals surface area contributed by atoms with Gasteiger partial charge in [0.15, 0.2) is 5.12 Å². The van der Waals surface area contributed by atoms with Gasteiger partial charge in [0.2, 0.25) is 0 Å². The molecular formula is C10H14O2S. The predicted molar refractivity (Wildman–Crippen MR) is 54.8 cm³/mol. The molecular weight excluding hydrogens is 184 g/mol. The second-order valence-corrected chi connectivity index (χ2v) is 4.06. The maximum Gasteiger partial charge on any atom is 0.188 e. The minimum atomic E-state index is 0.286. The average molecular weight is 198 g/mol. The van der Waals surface area contributed by atoms with Gasteiger partial charge in [0.25, 0.3) is 0 Å². The highest BCUT2D eigenvalue weighted by Gasteiger charge is 2.01. The van der Waals surface area contributed by atoms with E-state index in [0.29, 0.717) is 6.42 Å². The lowest BCUT2D eigenvalue weighted by atomic mass is 10.2. The highest BCUT2D eigenvalue weighted by Crippen LogP contribution is 2.10. The van der Waals surface area contributed by atoms with Crippen LogP contribution < -0.4 is 0 Å². The minimum Gasteiger partial charge on any atom is -0.469 e. The van der Waals surface area contributed by atoms with Crippen LogP contribution in [0.25, 0.3) is 0 Å². The highest BCUT2D eigenvalue weighted by atomic mass is 32.2. The summed E-state index contributed by atoms with van der Waals surface area (Å²) in [4.78, 5) is 11.1. The third kappa shape index (κ3) is 4.18. The molecule has 13 heavy (non-hydrogen) atoms. The van der Waals surface area contributed by atoms with E-state index in [2.05, 4.69) is 0 Å². The Bertz CT molecular complexity index is 241. The van der Waals surface area contributed by atoms with Crippen LogP contribution in [0.1, 0.15) is 25.5 Å². The molecule has 0 bridgehead atoms. The number of hydrogen-bond donors (Lipinski definition) is 0. The largest absolute Gasteiger partial charge is 0.469 e. The maximum absolute atomic E-state index is 11.1. The maximum atomic E-state index is 11.1. The summed E-state index contributed by atoms with van der Waals surface area (Å²) in [6, 6.07) is 3.81. The molecule has 0 radical (unpaired) electrons. The summed E-state index contributed by atoms with van der Waals surface area (Å²) in [7, 11) is 0. The average Bonchev–Trinajstić information content (AvgIpc) is 2.57. The van der Waals surface area contributed by atoms with E-state index in [4.69, 9.17) is 4.42 Å². The molecule has 0 atom stereocenters. The Morgan fingerprint density at radius 3 is 3.08 bits per heavy atom. The molecule has 1 rings (SSSR count). The van der Waals surface area contributed by atoms with E-state index in [1.54, 1.807) is 6.26 Å². The molecule has 0 amide bonds. The zero-order chi connectivity index (χ0) is 9.52. The summed E-state index contributed by atoms with van der Waals surface area (Å²) in [5.74, 6) is 1.84. The topological polar surface area (TPSA) is 30.2 Å². The first-order chi connectivity index (χ1) is 6.33. The Kier molecular flexibility index (Phi) is 4.68. The molecule has 1 aromatic rings. The van der Waals surface area contributed by atoms with E-state index < -0.39 is 0 Å². The van der Waals surface area contributed by atoms with Gasteiger partial charge in [0.05, 0.1) is 6.26 Å². The molecule has 2 nitrogen and oxygen atoms in total. The van der Waals surface area contributed by atoms with E-state index in [1.807, 2.05) is 19.1 Å².